The molecule has 1 unspecified atom stereocenters. The number of para-hydroxylation sites is 2. The number of hydrogen-bond acceptors (Lipinski definition) is 6. The summed E-state index contributed by atoms with van der Waals surface area (Å²) in [6.07, 6.45) is 3.04. The lowest BCUT2D eigenvalue weighted by Crippen LogP contribution is -2.23. The maximum atomic E-state index is 13.5. The minimum absolute atomic E-state index is 0.0409. The number of amides is 1. The second kappa shape index (κ2) is 9.64. The van der Waals surface area contributed by atoms with Crippen LogP contribution in [-0.4, -0.2) is 22.1 Å². The van der Waals surface area contributed by atoms with Gasteiger partial charge < -0.3 is 10.1 Å². The van der Waals surface area contributed by atoms with E-state index in [0.717, 1.165) is 40.6 Å². The summed E-state index contributed by atoms with van der Waals surface area (Å²) in [4.78, 5) is 33.7. The molecule has 2 aromatic carbocycles. The number of carbonyl (C=O) groups is 1. The van der Waals surface area contributed by atoms with Gasteiger partial charge in [0, 0.05) is 11.9 Å². The maximum absolute atomic E-state index is 13.5. The van der Waals surface area contributed by atoms with Crippen LogP contribution in [0.2, 0.25) is 0 Å². The normalized spacial score (nSPS) is 13.6. The number of anilines is 1. The predicted molar refractivity (Wildman–Crippen MR) is 138 cm³/mol. The number of benzene rings is 2. The molecule has 0 radical (unpaired) electrons. The molecule has 0 fully saturated rings. The van der Waals surface area contributed by atoms with Crippen molar-refractivity contribution in [3.63, 3.8) is 0 Å². The fraction of sp³-hybridized carbons (Fsp3) is 0.269. The Morgan fingerprint density at radius 2 is 1.94 bits per heavy atom. The largest absolute Gasteiger partial charge is 0.492 e. The van der Waals surface area contributed by atoms with Gasteiger partial charge >= 0.3 is 0 Å². The molecule has 2 heterocycles. The van der Waals surface area contributed by atoms with Gasteiger partial charge in [0.2, 0.25) is 5.91 Å². The average Bonchev–Trinajstić information content (AvgIpc) is 3.43. The lowest BCUT2D eigenvalue weighted by molar-refractivity contribution is -0.115. The van der Waals surface area contributed by atoms with E-state index >= 15 is 0 Å². The van der Waals surface area contributed by atoms with Crippen LogP contribution >= 0.6 is 23.1 Å². The number of aryl methyl sites for hydroxylation is 2. The first-order valence-electron chi connectivity index (χ1n) is 11.3. The lowest BCUT2D eigenvalue weighted by Gasteiger charge is -2.19. The van der Waals surface area contributed by atoms with Crippen molar-refractivity contribution in [1.82, 2.24) is 9.55 Å². The van der Waals surface area contributed by atoms with Gasteiger partial charge in [0.25, 0.3) is 5.56 Å². The number of hydrogen-bond donors (Lipinski definition) is 1. The third-order valence-electron chi connectivity index (χ3n) is 5.91. The summed E-state index contributed by atoms with van der Waals surface area (Å²) >= 11 is 2.90. The highest BCUT2D eigenvalue weighted by molar-refractivity contribution is 8.00. The van der Waals surface area contributed by atoms with Gasteiger partial charge in [0.05, 0.1) is 17.7 Å². The molecule has 8 heteroatoms. The Kier molecular flexibility index (Phi) is 6.43. The molecular weight excluding hydrogens is 466 g/mol. The molecule has 1 amide bonds. The summed E-state index contributed by atoms with van der Waals surface area (Å²) in [5.41, 5.74) is 2.57. The zero-order valence-electron chi connectivity index (χ0n) is 19.0. The minimum Gasteiger partial charge on any atom is -0.492 e. The SMILES string of the molecule is CCOc1ccccc1NC(=O)C(Sc1nc2sc3c(c2c(=O)n1C)CCC3)c1ccccc1. The van der Waals surface area contributed by atoms with Crippen molar-refractivity contribution < 1.29 is 9.53 Å². The van der Waals surface area contributed by atoms with Crippen molar-refractivity contribution in [2.75, 3.05) is 11.9 Å². The topological polar surface area (TPSA) is 73.2 Å². The third-order valence-corrected chi connectivity index (χ3v) is 8.40. The van der Waals surface area contributed by atoms with Gasteiger partial charge in [-0.3, -0.25) is 14.2 Å². The zero-order valence-corrected chi connectivity index (χ0v) is 20.7. The average molecular weight is 492 g/mol. The molecule has 1 aliphatic carbocycles. The fourth-order valence-electron chi connectivity index (χ4n) is 4.27. The molecule has 4 aromatic rings. The van der Waals surface area contributed by atoms with E-state index in [0.29, 0.717) is 23.2 Å². The van der Waals surface area contributed by atoms with E-state index in [4.69, 9.17) is 9.72 Å². The van der Waals surface area contributed by atoms with Crippen LogP contribution in [0.25, 0.3) is 10.2 Å². The monoisotopic (exact) mass is 491 g/mol. The number of nitrogens with one attached hydrogen (secondary N) is 1. The number of thiophene rings is 1. The van der Waals surface area contributed by atoms with Crippen molar-refractivity contribution in [3.05, 3.63) is 81.0 Å². The van der Waals surface area contributed by atoms with Crippen molar-refractivity contribution in [1.29, 1.82) is 0 Å². The number of carbonyl (C=O) groups excluding carboxylic acids is 1. The maximum Gasteiger partial charge on any atom is 0.262 e. The van der Waals surface area contributed by atoms with Gasteiger partial charge in [0.1, 0.15) is 15.8 Å². The zero-order chi connectivity index (χ0) is 23.7. The van der Waals surface area contributed by atoms with E-state index in [1.807, 2.05) is 61.5 Å². The number of rotatable bonds is 7. The van der Waals surface area contributed by atoms with Crippen LogP contribution in [0.15, 0.2) is 64.5 Å². The van der Waals surface area contributed by atoms with Crippen LogP contribution in [0.5, 0.6) is 5.75 Å². The van der Waals surface area contributed by atoms with Crippen LogP contribution in [-0.2, 0) is 24.7 Å². The summed E-state index contributed by atoms with van der Waals surface area (Å²) in [5, 5.41) is 3.69. The molecule has 1 aliphatic rings. The lowest BCUT2D eigenvalue weighted by atomic mass is 10.1. The van der Waals surface area contributed by atoms with Crippen molar-refractivity contribution in [3.8, 4) is 5.75 Å². The summed E-state index contributed by atoms with van der Waals surface area (Å²) in [7, 11) is 1.74. The van der Waals surface area contributed by atoms with Gasteiger partial charge in [-0.2, -0.15) is 0 Å². The first-order chi connectivity index (χ1) is 16.6. The molecule has 174 valence electrons. The molecule has 1 N–H and O–H groups in total. The Bertz CT molecular complexity index is 1410. The molecule has 2 aromatic heterocycles. The molecule has 34 heavy (non-hydrogen) atoms. The number of ether oxygens (including phenoxy) is 1. The second-order valence-corrected chi connectivity index (χ2v) is 10.3. The minimum atomic E-state index is -0.599. The van der Waals surface area contributed by atoms with Crippen LogP contribution in [0.4, 0.5) is 5.69 Å². The number of fused-ring (bicyclic) bond motifs is 3. The van der Waals surface area contributed by atoms with Crippen molar-refractivity contribution in [2.24, 2.45) is 7.05 Å². The highest BCUT2D eigenvalue weighted by Gasteiger charge is 2.27. The summed E-state index contributed by atoms with van der Waals surface area (Å²) in [5.74, 6) is 0.418. The predicted octanol–water partition coefficient (Wildman–Crippen LogP) is 5.35. The number of thioether (sulfide) groups is 1. The fourth-order valence-corrected chi connectivity index (χ4v) is 6.63. The van der Waals surface area contributed by atoms with Crippen molar-refractivity contribution >= 4 is 44.9 Å². The Labute approximate surface area is 206 Å². The number of aromatic nitrogens is 2. The first-order valence-corrected chi connectivity index (χ1v) is 13.0. The van der Waals surface area contributed by atoms with Gasteiger partial charge in [-0.25, -0.2) is 4.98 Å². The van der Waals surface area contributed by atoms with E-state index in [9.17, 15) is 9.59 Å². The van der Waals surface area contributed by atoms with E-state index in [2.05, 4.69) is 5.32 Å². The quantitative estimate of drug-likeness (QED) is 0.279. The Balaban J connectivity index is 1.52. The van der Waals surface area contributed by atoms with Crippen LogP contribution in [0, 0.1) is 0 Å². The van der Waals surface area contributed by atoms with E-state index in [1.54, 1.807) is 23.0 Å². The standard InChI is InChI=1S/C26H25N3O3S2/c1-3-32-19-14-8-7-13-18(19)27-23(30)22(16-10-5-4-6-11-16)34-26-28-24-21(25(31)29(26)2)17-12-9-15-20(17)33-24/h4-8,10-11,13-14,22H,3,9,12,15H2,1-2H3,(H,27,30). The van der Waals surface area contributed by atoms with E-state index in [1.165, 1.54) is 16.6 Å². The number of nitrogens with zero attached hydrogens (tertiary/aromatic N) is 2. The summed E-state index contributed by atoms with van der Waals surface area (Å²) < 4.78 is 7.26. The second-order valence-electron chi connectivity index (χ2n) is 8.12. The molecule has 0 bridgehead atoms. The molecule has 1 atom stereocenters. The smallest absolute Gasteiger partial charge is 0.262 e. The van der Waals surface area contributed by atoms with Crippen LogP contribution in [0.1, 0.15) is 34.6 Å². The molecule has 5 rings (SSSR count). The van der Waals surface area contributed by atoms with Crippen LogP contribution in [0.3, 0.4) is 0 Å². The van der Waals surface area contributed by atoms with Gasteiger partial charge in [-0.15, -0.1) is 11.3 Å². The highest BCUT2D eigenvalue weighted by Crippen LogP contribution is 2.39. The van der Waals surface area contributed by atoms with Crippen molar-refractivity contribution in [2.45, 2.75) is 36.6 Å². The molecule has 0 spiro atoms. The third kappa shape index (κ3) is 4.23. The summed E-state index contributed by atoms with van der Waals surface area (Å²) in [6, 6.07) is 17.0. The van der Waals surface area contributed by atoms with Crippen LogP contribution < -0.4 is 15.6 Å². The summed E-state index contributed by atoms with van der Waals surface area (Å²) in [6.45, 7) is 2.41. The Hall–Kier alpha value is -3.10. The van der Waals surface area contributed by atoms with E-state index < -0.39 is 5.25 Å². The molecular formula is C26H25N3O3S2. The Morgan fingerprint density at radius 1 is 1.18 bits per heavy atom. The Morgan fingerprint density at radius 3 is 2.74 bits per heavy atom. The van der Waals surface area contributed by atoms with E-state index in [-0.39, 0.29) is 11.5 Å². The molecule has 0 saturated heterocycles. The molecule has 6 nitrogen and oxygen atoms in total. The van der Waals surface area contributed by atoms with Gasteiger partial charge in [0.15, 0.2) is 5.16 Å². The molecule has 0 saturated carbocycles. The first kappa shape index (κ1) is 22.7. The highest BCUT2D eigenvalue weighted by atomic mass is 32.2. The van der Waals surface area contributed by atoms with Gasteiger partial charge in [-0.05, 0) is 49.4 Å². The van der Waals surface area contributed by atoms with Gasteiger partial charge in [-0.1, -0.05) is 54.2 Å². The molecule has 0 aliphatic heterocycles.